The van der Waals surface area contributed by atoms with Gasteiger partial charge in [0.15, 0.2) is 0 Å². The molecule has 0 heterocycles. The SMILES string of the molecule is CCCC1=C(C)C=CC(N)(CCC)C1. The summed E-state index contributed by atoms with van der Waals surface area (Å²) in [6.07, 6.45) is 10.2. The molecule has 0 fully saturated rings. The molecule has 1 nitrogen and oxygen atoms in total. The Kier molecular flexibility index (Phi) is 3.94. The van der Waals surface area contributed by atoms with Crippen molar-refractivity contribution in [3.05, 3.63) is 23.3 Å². The van der Waals surface area contributed by atoms with Crippen molar-refractivity contribution in [3.63, 3.8) is 0 Å². The molecular weight excluding hydrogens is 170 g/mol. The molecule has 0 bridgehead atoms. The lowest BCUT2D eigenvalue weighted by molar-refractivity contribution is 0.461. The first kappa shape index (κ1) is 11.5. The van der Waals surface area contributed by atoms with Crippen LogP contribution < -0.4 is 5.73 Å². The van der Waals surface area contributed by atoms with Gasteiger partial charge >= 0.3 is 0 Å². The van der Waals surface area contributed by atoms with Crippen LogP contribution in [0.2, 0.25) is 0 Å². The summed E-state index contributed by atoms with van der Waals surface area (Å²) in [5.74, 6) is 0. The zero-order valence-corrected chi connectivity index (χ0v) is 9.77. The molecule has 0 saturated carbocycles. The summed E-state index contributed by atoms with van der Waals surface area (Å²) in [6, 6.07) is 0. The third-order valence-electron chi connectivity index (χ3n) is 3.03. The van der Waals surface area contributed by atoms with Crippen LogP contribution in [-0.2, 0) is 0 Å². The monoisotopic (exact) mass is 193 g/mol. The van der Waals surface area contributed by atoms with E-state index >= 15 is 0 Å². The smallest absolute Gasteiger partial charge is 0.0379 e. The lowest BCUT2D eigenvalue weighted by Crippen LogP contribution is -2.39. The fourth-order valence-corrected chi connectivity index (χ4v) is 2.23. The molecule has 2 N–H and O–H groups in total. The second-order valence-corrected chi connectivity index (χ2v) is 4.53. The Labute approximate surface area is 88.1 Å². The molecule has 0 aromatic heterocycles. The van der Waals surface area contributed by atoms with E-state index in [4.69, 9.17) is 5.73 Å². The molecule has 0 aromatic carbocycles. The van der Waals surface area contributed by atoms with Crippen LogP contribution >= 0.6 is 0 Å². The molecule has 14 heavy (non-hydrogen) atoms. The summed E-state index contributed by atoms with van der Waals surface area (Å²) in [5.41, 5.74) is 9.27. The molecule has 80 valence electrons. The summed E-state index contributed by atoms with van der Waals surface area (Å²) in [7, 11) is 0. The van der Waals surface area contributed by atoms with Crippen molar-refractivity contribution in [1.82, 2.24) is 0 Å². The minimum Gasteiger partial charge on any atom is -0.322 e. The van der Waals surface area contributed by atoms with Gasteiger partial charge in [0.1, 0.15) is 0 Å². The Morgan fingerprint density at radius 1 is 1.36 bits per heavy atom. The normalized spacial score (nSPS) is 27.1. The van der Waals surface area contributed by atoms with E-state index in [0.29, 0.717) is 0 Å². The highest BCUT2D eigenvalue weighted by Gasteiger charge is 2.25. The molecule has 1 aliphatic rings. The quantitative estimate of drug-likeness (QED) is 0.726. The second-order valence-electron chi connectivity index (χ2n) is 4.53. The van der Waals surface area contributed by atoms with Gasteiger partial charge in [-0.15, -0.1) is 0 Å². The van der Waals surface area contributed by atoms with Gasteiger partial charge in [0.05, 0.1) is 0 Å². The van der Waals surface area contributed by atoms with Crippen LogP contribution in [0.25, 0.3) is 0 Å². The summed E-state index contributed by atoms with van der Waals surface area (Å²) >= 11 is 0. The van der Waals surface area contributed by atoms with Crippen LogP contribution in [-0.4, -0.2) is 5.54 Å². The minimum absolute atomic E-state index is 0.0568. The van der Waals surface area contributed by atoms with E-state index < -0.39 is 0 Å². The molecule has 0 radical (unpaired) electrons. The number of rotatable bonds is 4. The Morgan fingerprint density at radius 3 is 2.64 bits per heavy atom. The standard InChI is InChI=1S/C13H23N/c1-4-6-12-10-13(14,8-5-2)9-7-11(12)3/h7,9H,4-6,8,10,14H2,1-3H3. The molecule has 0 spiro atoms. The number of hydrogen-bond donors (Lipinski definition) is 1. The zero-order chi connectivity index (χ0) is 10.6. The van der Waals surface area contributed by atoms with E-state index in [1.54, 1.807) is 5.57 Å². The Hall–Kier alpha value is -0.560. The van der Waals surface area contributed by atoms with Crippen molar-refractivity contribution in [2.75, 3.05) is 0 Å². The molecule has 0 aromatic rings. The van der Waals surface area contributed by atoms with Gasteiger partial charge in [-0.05, 0) is 26.2 Å². The van der Waals surface area contributed by atoms with Gasteiger partial charge in [0.2, 0.25) is 0 Å². The molecule has 1 atom stereocenters. The number of hydrogen-bond acceptors (Lipinski definition) is 1. The lowest BCUT2D eigenvalue weighted by Gasteiger charge is -2.31. The second kappa shape index (κ2) is 4.79. The van der Waals surface area contributed by atoms with E-state index in [9.17, 15) is 0 Å². The summed E-state index contributed by atoms with van der Waals surface area (Å²) in [5, 5.41) is 0. The van der Waals surface area contributed by atoms with Gasteiger partial charge < -0.3 is 5.73 Å². The first-order valence-corrected chi connectivity index (χ1v) is 5.78. The van der Waals surface area contributed by atoms with Gasteiger partial charge in [0, 0.05) is 5.54 Å². The Balaban J connectivity index is 2.72. The average molecular weight is 193 g/mol. The maximum atomic E-state index is 6.33. The highest BCUT2D eigenvalue weighted by atomic mass is 14.7. The van der Waals surface area contributed by atoms with E-state index in [0.717, 1.165) is 12.8 Å². The Morgan fingerprint density at radius 2 is 2.07 bits per heavy atom. The minimum atomic E-state index is -0.0568. The summed E-state index contributed by atoms with van der Waals surface area (Å²) in [4.78, 5) is 0. The highest BCUT2D eigenvalue weighted by Crippen LogP contribution is 2.30. The summed E-state index contributed by atoms with van der Waals surface area (Å²) in [6.45, 7) is 6.64. The molecular formula is C13H23N. The largest absolute Gasteiger partial charge is 0.322 e. The predicted octanol–water partition coefficient (Wildman–Crippen LogP) is 3.56. The maximum absolute atomic E-state index is 6.33. The highest BCUT2D eigenvalue weighted by molar-refractivity contribution is 5.33. The third-order valence-corrected chi connectivity index (χ3v) is 3.03. The average Bonchev–Trinajstić information content (AvgIpc) is 2.13. The Bertz CT molecular complexity index is 250. The predicted molar refractivity (Wildman–Crippen MR) is 63.2 cm³/mol. The summed E-state index contributed by atoms with van der Waals surface area (Å²) < 4.78 is 0. The van der Waals surface area contributed by atoms with E-state index in [1.807, 2.05) is 0 Å². The lowest BCUT2D eigenvalue weighted by atomic mass is 9.80. The van der Waals surface area contributed by atoms with Crippen molar-refractivity contribution in [2.45, 2.75) is 58.4 Å². The van der Waals surface area contributed by atoms with Crippen LogP contribution in [0.4, 0.5) is 0 Å². The van der Waals surface area contributed by atoms with Crippen molar-refractivity contribution < 1.29 is 0 Å². The van der Waals surface area contributed by atoms with E-state index in [2.05, 4.69) is 32.9 Å². The van der Waals surface area contributed by atoms with Crippen LogP contribution in [0.5, 0.6) is 0 Å². The van der Waals surface area contributed by atoms with Gasteiger partial charge in [-0.25, -0.2) is 0 Å². The third kappa shape index (κ3) is 2.71. The zero-order valence-electron chi connectivity index (χ0n) is 9.77. The van der Waals surface area contributed by atoms with Gasteiger partial charge in [0.25, 0.3) is 0 Å². The van der Waals surface area contributed by atoms with Crippen molar-refractivity contribution in [1.29, 1.82) is 0 Å². The van der Waals surface area contributed by atoms with Crippen LogP contribution in [0, 0.1) is 0 Å². The van der Waals surface area contributed by atoms with E-state index in [-0.39, 0.29) is 5.54 Å². The van der Waals surface area contributed by atoms with Gasteiger partial charge in [-0.1, -0.05) is 50.0 Å². The first-order chi connectivity index (χ1) is 6.61. The van der Waals surface area contributed by atoms with Crippen LogP contribution in [0.15, 0.2) is 23.3 Å². The molecule has 1 unspecified atom stereocenters. The van der Waals surface area contributed by atoms with Crippen LogP contribution in [0.3, 0.4) is 0 Å². The topological polar surface area (TPSA) is 26.0 Å². The number of allylic oxidation sites excluding steroid dienone is 2. The van der Waals surface area contributed by atoms with Gasteiger partial charge in [-0.3, -0.25) is 0 Å². The molecule has 1 rings (SSSR count). The molecule has 1 heteroatoms. The van der Waals surface area contributed by atoms with Crippen LogP contribution in [0.1, 0.15) is 52.9 Å². The van der Waals surface area contributed by atoms with Gasteiger partial charge in [-0.2, -0.15) is 0 Å². The van der Waals surface area contributed by atoms with E-state index in [1.165, 1.54) is 24.8 Å². The van der Waals surface area contributed by atoms with Crippen molar-refractivity contribution in [3.8, 4) is 0 Å². The van der Waals surface area contributed by atoms with Crippen molar-refractivity contribution in [2.24, 2.45) is 5.73 Å². The first-order valence-electron chi connectivity index (χ1n) is 5.78. The molecule has 1 aliphatic carbocycles. The van der Waals surface area contributed by atoms with Crippen molar-refractivity contribution >= 4 is 0 Å². The maximum Gasteiger partial charge on any atom is 0.0379 e. The molecule has 0 amide bonds. The fraction of sp³-hybridized carbons (Fsp3) is 0.692. The molecule has 0 saturated heterocycles. The fourth-order valence-electron chi connectivity index (χ4n) is 2.23. The molecule has 0 aliphatic heterocycles. The number of nitrogens with two attached hydrogens (primary N) is 1.